The number of nitrogens with one attached hydrogen (secondary N) is 2. The van der Waals surface area contributed by atoms with E-state index in [4.69, 9.17) is 11.6 Å². The highest BCUT2D eigenvalue weighted by molar-refractivity contribution is 6.30. The minimum Gasteiger partial charge on any atom is -0.390 e. The standard InChI is InChI=1S/C13H18ClN3O/c1-9-16-13(15-2)12(8-18)17(9)7-10-3-5-11(14)6-4-10/h3-6,9,15-16,18H,7-8H2,1-2H3. The number of hydrogen-bond acceptors (Lipinski definition) is 4. The Kier molecular flexibility index (Phi) is 3.99. The topological polar surface area (TPSA) is 47.5 Å². The summed E-state index contributed by atoms with van der Waals surface area (Å²) in [6, 6.07) is 7.77. The average molecular weight is 268 g/mol. The van der Waals surface area contributed by atoms with Crippen molar-refractivity contribution in [2.24, 2.45) is 0 Å². The zero-order valence-electron chi connectivity index (χ0n) is 10.6. The lowest BCUT2D eigenvalue weighted by atomic mass is 10.2. The fourth-order valence-electron chi connectivity index (χ4n) is 2.15. The van der Waals surface area contributed by atoms with Gasteiger partial charge in [-0.25, -0.2) is 0 Å². The molecule has 18 heavy (non-hydrogen) atoms. The summed E-state index contributed by atoms with van der Waals surface area (Å²) in [6.07, 6.45) is 0.158. The molecule has 1 aliphatic rings. The van der Waals surface area contributed by atoms with Gasteiger partial charge in [-0.15, -0.1) is 0 Å². The number of halogens is 1. The molecule has 0 aliphatic carbocycles. The highest BCUT2D eigenvalue weighted by Crippen LogP contribution is 2.21. The molecular weight excluding hydrogens is 250 g/mol. The van der Waals surface area contributed by atoms with Gasteiger partial charge in [-0.1, -0.05) is 23.7 Å². The van der Waals surface area contributed by atoms with Crippen LogP contribution in [0.3, 0.4) is 0 Å². The lowest BCUT2D eigenvalue weighted by Gasteiger charge is -2.25. The summed E-state index contributed by atoms with van der Waals surface area (Å²) < 4.78 is 0. The summed E-state index contributed by atoms with van der Waals surface area (Å²) >= 11 is 5.87. The van der Waals surface area contributed by atoms with Gasteiger partial charge in [-0.2, -0.15) is 0 Å². The van der Waals surface area contributed by atoms with Crippen molar-refractivity contribution in [1.29, 1.82) is 0 Å². The van der Waals surface area contributed by atoms with Gasteiger partial charge in [0.05, 0.1) is 18.5 Å². The van der Waals surface area contributed by atoms with Gasteiger partial charge < -0.3 is 20.6 Å². The minimum absolute atomic E-state index is 0.0150. The van der Waals surface area contributed by atoms with E-state index >= 15 is 0 Å². The van der Waals surface area contributed by atoms with Crippen molar-refractivity contribution in [1.82, 2.24) is 15.5 Å². The van der Waals surface area contributed by atoms with Crippen LogP contribution in [0.4, 0.5) is 0 Å². The Labute approximate surface area is 112 Å². The molecule has 4 nitrogen and oxygen atoms in total. The van der Waals surface area contributed by atoms with Crippen molar-refractivity contribution in [3.63, 3.8) is 0 Å². The van der Waals surface area contributed by atoms with Crippen molar-refractivity contribution >= 4 is 11.6 Å². The Hall–Kier alpha value is -1.39. The molecule has 0 amide bonds. The van der Waals surface area contributed by atoms with Gasteiger partial charge in [0.15, 0.2) is 0 Å². The number of benzene rings is 1. The smallest absolute Gasteiger partial charge is 0.122 e. The monoisotopic (exact) mass is 267 g/mol. The summed E-state index contributed by atoms with van der Waals surface area (Å²) in [5.74, 6) is 0.888. The van der Waals surface area contributed by atoms with Crippen LogP contribution in [-0.4, -0.2) is 29.8 Å². The Balaban J connectivity index is 2.17. The van der Waals surface area contributed by atoms with Gasteiger partial charge in [0.1, 0.15) is 5.82 Å². The maximum absolute atomic E-state index is 9.48. The SMILES string of the molecule is CNC1=C(CO)N(Cc2ccc(Cl)cc2)C(C)N1. The van der Waals surface area contributed by atoms with Gasteiger partial charge in [0, 0.05) is 18.6 Å². The first-order chi connectivity index (χ1) is 8.65. The van der Waals surface area contributed by atoms with E-state index in [0.717, 1.165) is 28.6 Å². The number of rotatable bonds is 4. The first-order valence-corrected chi connectivity index (χ1v) is 6.33. The van der Waals surface area contributed by atoms with E-state index in [1.165, 1.54) is 0 Å². The van der Waals surface area contributed by atoms with Crippen LogP contribution in [0.5, 0.6) is 0 Å². The third-order valence-electron chi connectivity index (χ3n) is 3.12. The van der Waals surface area contributed by atoms with E-state index in [0.29, 0.717) is 0 Å². The first-order valence-electron chi connectivity index (χ1n) is 5.95. The Morgan fingerprint density at radius 1 is 1.39 bits per heavy atom. The summed E-state index contributed by atoms with van der Waals surface area (Å²) in [6.45, 7) is 2.82. The molecule has 1 aromatic carbocycles. The van der Waals surface area contributed by atoms with Crippen molar-refractivity contribution < 1.29 is 5.11 Å². The molecule has 3 N–H and O–H groups in total. The third-order valence-corrected chi connectivity index (χ3v) is 3.37. The van der Waals surface area contributed by atoms with Crippen LogP contribution in [0.1, 0.15) is 12.5 Å². The van der Waals surface area contributed by atoms with E-state index in [1.807, 2.05) is 31.3 Å². The molecule has 0 spiro atoms. The molecule has 98 valence electrons. The molecule has 0 bridgehead atoms. The largest absolute Gasteiger partial charge is 0.390 e. The molecule has 0 saturated carbocycles. The fourth-order valence-corrected chi connectivity index (χ4v) is 2.28. The summed E-state index contributed by atoms with van der Waals surface area (Å²) in [7, 11) is 1.84. The lowest BCUT2D eigenvalue weighted by Crippen LogP contribution is -2.35. The number of nitrogens with zero attached hydrogens (tertiary/aromatic N) is 1. The molecule has 1 atom stereocenters. The molecular formula is C13H18ClN3O. The Bertz CT molecular complexity index is 444. The summed E-state index contributed by atoms with van der Waals surface area (Å²) in [4.78, 5) is 2.13. The lowest BCUT2D eigenvalue weighted by molar-refractivity contribution is 0.218. The molecule has 0 fully saturated rings. The molecule has 1 unspecified atom stereocenters. The highest BCUT2D eigenvalue weighted by Gasteiger charge is 2.26. The van der Waals surface area contributed by atoms with Crippen molar-refractivity contribution in [3.8, 4) is 0 Å². The van der Waals surface area contributed by atoms with Gasteiger partial charge in [0.25, 0.3) is 0 Å². The summed E-state index contributed by atoms with van der Waals surface area (Å²) in [5, 5.41) is 16.6. The van der Waals surface area contributed by atoms with E-state index < -0.39 is 0 Å². The zero-order valence-corrected chi connectivity index (χ0v) is 11.3. The molecule has 1 aliphatic heterocycles. The molecule has 2 rings (SSSR count). The second-order valence-electron chi connectivity index (χ2n) is 4.30. The van der Waals surface area contributed by atoms with Crippen LogP contribution in [0.25, 0.3) is 0 Å². The maximum Gasteiger partial charge on any atom is 0.122 e. The van der Waals surface area contributed by atoms with Crippen LogP contribution in [-0.2, 0) is 6.54 Å². The molecule has 1 heterocycles. The van der Waals surface area contributed by atoms with E-state index in [9.17, 15) is 5.11 Å². The highest BCUT2D eigenvalue weighted by atomic mass is 35.5. The fraction of sp³-hybridized carbons (Fsp3) is 0.385. The van der Waals surface area contributed by atoms with Gasteiger partial charge in [0.2, 0.25) is 0 Å². The second kappa shape index (κ2) is 5.50. The average Bonchev–Trinajstić information content (AvgIpc) is 2.68. The van der Waals surface area contributed by atoms with Crippen LogP contribution >= 0.6 is 11.6 Å². The van der Waals surface area contributed by atoms with Crippen LogP contribution in [0.15, 0.2) is 35.8 Å². The molecule has 0 saturated heterocycles. The van der Waals surface area contributed by atoms with Crippen molar-refractivity contribution in [3.05, 3.63) is 46.4 Å². The number of hydrogen-bond donors (Lipinski definition) is 3. The molecule has 1 aromatic rings. The van der Waals surface area contributed by atoms with Crippen molar-refractivity contribution in [2.45, 2.75) is 19.6 Å². The van der Waals surface area contributed by atoms with E-state index in [-0.39, 0.29) is 12.8 Å². The zero-order chi connectivity index (χ0) is 13.1. The van der Waals surface area contributed by atoms with Gasteiger partial charge in [-0.3, -0.25) is 0 Å². The molecule has 0 radical (unpaired) electrons. The number of aliphatic hydroxyl groups excluding tert-OH is 1. The molecule has 5 heteroatoms. The first kappa shape index (κ1) is 13.1. The number of aliphatic hydroxyl groups is 1. The quantitative estimate of drug-likeness (QED) is 0.773. The summed E-state index contributed by atoms with van der Waals surface area (Å²) in [5.41, 5.74) is 2.05. The van der Waals surface area contributed by atoms with Crippen LogP contribution < -0.4 is 10.6 Å². The van der Waals surface area contributed by atoms with E-state index in [2.05, 4.69) is 22.5 Å². The Morgan fingerprint density at radius 2 is 2.06 bits per heavy atom. The normalized spacial score (nSPS) is 19.1. The van der Waals surface area contributed by atoms with Crippen LogP contribution in [0, 0.1) is 0 Å². The maximum atomic E-state index is 9.48. The van der Waals surface area contributed by atoms with E-state index in [1.54, 1.807) is 0 Å². The van der Waals surface area contributed by atoms with Gasteiger partial charge >= 0.3 is 0 Å². The van der Waals surface area contributed by atoms with Crippen LogP contribution in [0.2, 0.25) is 5.02 Å². The van der Waals surface area contributed by atoms with Gasteiger partial charge in [-0.05, 0) is 24.6 Å². The predicted molar refractivity (Wildman–Crippen MR) is 72.8 cm³/mol. The Morgan fingerprint density at radius 3 is 2.61 bits per heavy atom. The predicted octanol–water partition coefficient (Wildman–Crippen LogP) is 1.47. The minimum atomic E-state index is 0.0150. The third kappa shape index (κ3) is 2.54. The second-order valence-corrected chi connectivity index (χ2v) is 4.74. The van der Waals surface area contributed by atoms with Crippen molar-refractivity contribution in [2.75, 3.05) is 13.7 Å². The molecule has 0 aromatic heterocycles.